The van der Waals surface area contributed by atoms with Crippen molar-refractivity contribution in [3.05, 3.63) is 83.2 Å². The van der Waals surface area contributed by atoms with E-state index in [-0.39, 0.29) is 12.6 Å². The van der Waals surface area contributed by atoms with Crippen LogP contribution in [0.25, 0.3) is 33.4 Å². The van der Waals surface area contributed by atoms with Gasteiger partial charge in [-0.25, -0.2) is 4.79 Å². The van der Waals surface area contributed by atoms with Gasteiger partial charge in [0.05, 0.1) is 10.9 Å². The predicted molar refractivity (Wildman–Crippen MR) is 138 cm³/mol. The third-order valence-corrected chi connectivity index (χ3v) is 5.83. The van der Waals surface area contributed by atoms with Crippen LogP contribution in [-0.2, 0) is 4.74 Å². The van der Waals surface area contributed by atoms with Gasteiger partial charge in [0, 0.05) is 47.4 Å². The summed E-state index contributed by atoms with van der Waals surface area (Å²) in [5.74, 6) is 0.341. The molecule has 1 heterocycles. The molecule has 4 rings (SSSR count). The van der Waals surface area contributed by atoms with Crippen LogP contribution in [0.4, 0.5) is 5.69 Å². The average Bonchev–Trinajstić information content (AvgIpc) is 2.83. The minimum atomic E-state index is -0.382. The quantitative estimate of drug-likeness (QED) is 0.196. The zero-order chi connectivity index (χ0) is 24.2. The summed E-state index contributed by atoms with van der Waals surface area (Å²) < 4.78 is 11.8. The van der Waals surface area contributed by atoms with E-state index < -0.39 is 0 Å². The minimum absolute atomic E-state index is 0.158. The van der Waals surface area contributed by atoms with Gasteiger partial charge in [0.15, 0.2) is 0 Å². The molecule has 5 nitrogen and oxygen atoms in total. The highest BCUT2D eigenvalue weighted by Crippen LogP contribution is 2.43. The SMILES string of the molecule is C=CCOC(=O)c1ccccc1-c1c2cc(C)c(=NCC)cc-2oc2cc(NCC)c(C)cc12. The highest BCUT2D eigenvalue weighted by molar-refractivity contribution is 6.08. The summed E-state index contributed by atoms with van der Waals surface area (Å²) in [5, 5.41) is 5.25. The number of rotatable bonds is 7. The van der Waals surface area contributed by atoms with Crippen molar-refractivity contribution in [3.8, 4) is 22.5 Å². The minimum Gasteiger partial charge on any atom is -0.458 e. The number of hydrogen-bond acceptors (Lipinski definition) is 5. The number of carbonyl (C=O) groups excluding carboxylic acids is 1. The van der Waals surface area contributed by atoms with Crippen molar-refractivity contribution in [2.24, 2.45) is 4.99 Å². The lowest BCUT2D eigenvalue weighted by Crippen LogP contribution is -2.10. The molecule has 1 aliphatic carbocycles. The second-order valence-electron chi connectivity index (χ2n) is 8.21. The Hall–Kier alpha value is -3.86. The van der Waals surface area contributed by atoms with Crippen molar-refractivity contribution in [2.45, 2.75) is 27.7 Å². The van der Waals surface area contributed by atoms with Crippen LogP contribution in [0.2, 0.25) is 0 Å². The summed E-state index contributed by atoms with van der Waals surface area (Å²) >= 11 is 0. The normalized spacial score (nSPS) is 11.7. The lowest BCUT2D eigenvalue weighted by atomic mass is 9.89. The Morgan fingerprint density at radius 3 is 2.62 bits per heavy atom. The summed E-state index contributed by atoms with van der Waals surface area (Å²) in [6.45, 7) is 13.5. The molecule has 0 aromatic heterocycles. The van der Waals surface area contributed by atoms with E-state index in [1.165, 1.54) is 0 Å². The van der Waals surface area contributed by atoms with Crippen molar-refractivity contribution in [1.29, 1.82) is 0 Å². The van der Waals surface area contributed by atoms with Crippen LogP contribution in [0.5, 0.6) is 0 Å². The molecule has 0 atom stereocenters. The predicted octanol–water partition coefficient (Wildman–Crippen LogP) is 6.52. The Kier molecular flexibility index (Phi) is 6.82. The van der Waals surface area contributed by atoms with E-state index in [4.69, 9.17) is 9.15 Å². The number of esters is 1. The molecule has 1 N–H and O–H groups in total. The van der Waals surface area contributed by atoms with Crippen molar-refractivity contribution in [2.75, 3.05) is 25.0 Å². The zero-order valence-corrected chi connectivity index (χ0v) is 20.2. The molecule has 0 amide bonds. The van der Waals surface area contributed by atoms with Crippen LogP contribution in [-0.4, -0.2) is 25.7 Å². The summed E-state index contributed by atoms with van der Waals surface area (Å²) in [6.07, 6.45) is 1.57. The van der Waals surface area contributed by atoms with Gasteiger partial charge in [-0.3, -0.25) is 4.99 Å². The highest BCUT2D eigenvalue weighted by atomic mass is 16.5. The van der Waals surface area contributed by atoms with Gasteiger partial charge in [-0.05, 0) is 62.6 Å². The van der Waals surface area contributed by atoms with Gasteiger partial charge in [0.25, 0.3) is 0 Å². The number of fused-ring (bicyclic) bond motifs is 2. The van der Waals surface area contributed by atoms with Crippen LogP contribution in [0, 0.1) is 13.8 Å². The van der Waals surface area contributed by atoms with Gasteiger partial charge < -0.3 is 14.5 Å². The van der Waals surface area contributed by atoms with E-state index in [1.807, 2.05) is 44.2 Å². The van der Waals surface area contributed by atoms with E-state index in [0.29, 0.717) is 12.1 Å². The van der Waals surface area contributed by atoms with Gasteiger partial charge in [0.1, 0.15) is 18.0 Å². The maximum atomic E-state index is 13.0. The smallest absolute Gasteiger partial charge is 0.339 e. The molecule has 0 radical (unpaired) electrons. The Balaban J connectivity index is 2.12. The maximum absolute atomic E-state index is 13.0. The van der Waals surface area contributed by atoms with E-state index in [9.17, 15) is 4.79 Å². The summed E-state index contributed by atoms with van der Waals surface area (Å²) in [4.78, 5) is 17.6. The monoisotopic (exact) mass is 454 g/mol. The Bertz CT molecular complexity index is 1420. The molecule has 2 aromatic carbocycles. The summed E-state index contributed by atoms with van der Waals surface area (Å²) in [7, 11) is 0. The molecule has 34 heavy (non-hydrogen) atoms. The molecule has 0 saturated heterocycles. The zero-order valence-electron chi connectivity index (χ0n) is 20.2. The van der Waals surface area contributed by atoms with Crippen LogP contribution >= 0.6 is 0 Å². The summed E-state index contributed by atoms with van der Waals surface area (Å²) in [5.41, 5.74) is 7.10. The molecule has 0 fully saturated rings. The number of carbonyl (C=O) groups is 1. The van der Waals surface area contributed by atoms with Gasteiger partial charge in [-0.2, -0.15) is 0 Å². The molecule has 0 saturated carbocycles. The number of ether oxygens (including phenoxy) is 1. The lowest BCUT2D eigenvalue weighted by Gasteiger charge is -2.19. The number of benzene rings is 3. The Morgan fingerprint density at radius 1 is 1.09 bits per heavy atom. The molecule has 2 aliphatic rings. The van der Waals surface area contributed by atoms with Gasteiger partial charge in [-0.15, -0.1) is 0 Å². The number of anilines is 1. The molecule has 174 valence electrons. The molecule has 2 aromatic rings. The molecule has 1 aliphatic heterocycles. The van der Waals surface area contributed by atoms with E-state index in [1.54, 1.807) is 12.1 Å². The molecule has 0 spiro atoms. The number of aryl methyl sites for hydroxylation is 2. The van der Waals surface area contributed by atoms with Crippen molar-refractivity contribution < 1.29 is 13.9 Å². The van der Waals surface area contributed by atoms with E-state index in [0.717, 1.165) is 62.1 Å². The first-order valence-corrected chi connectivity index (χ1v) is 11.6. The maximum Gasteiger partial charge on any atom is 0.339 e. The third kappa shape index (κ3) is 4.34. The molecule has 0 unspecified atom stereocenters. The fourth-order valence-electron chi connectivity index (χ4n) is 4.29. The molecular formula is C29H30N2O3. The molecule has 5 heteroatoms. The number of nitrogens with one attached hydrogen (secondary N) is 1. The fraction of sp³-hybridized carbons (Fsp3) is 0.241. The van der Waals surface area contributed by atoms with Gasteiger partial charge in [-0.1, -0.05) is 30.9 Å². The standard InChI is InChI=1S/C29H30N2O3/c1-6-13-33-29(32)21-12-10-9-11-20(21)28-22-14-18(4)24(30-7-2)16-26(22)34-27-17-25(31-8-3)19(5)15-23(27)28/h6,9-12,14-17,30H,1,7-8,13H2,2-5H3. The van der Waals surface area contributed by atoms with Crippen molar-refractivity contribution >= 4 is 22.6 Å². The van der Waals surface area contributed by atoms with Crippen LogP contribution in [0.1, 0.15) is 35.3 Å². The average molecular weight is 455 g/mol. The van der Waals surface area contributed by atoms with E-state index >= 15 is 0 Å². The largest absolute Gasteiger partial charge is 0.458 e. The fourth-order valence-corrected chi connectivity index (χ4v) is 4.29. The first-order chi connectivity index (χ1) is 16.5. The second-order valence-corrected chi connectivity index (χ2v) is 8.21. The van der Waals surface area contributed by atoms with Gasteiger partial charge in [0.2, 0.25) is 0 Å². The topological polar surface area (TPSA) is 63.8 Å². The Morgan fingerprint density at radius 2 is 1.88 bits per heavy atom. The third-order valence-electron chi connectivity index (χ3n) is 5.83. The van der Waals surface area contributed by atoms with Crippen LogP contribution < -0.4 is 10.7 Å². The number of nitrogens with zero attached hydrogens (tertiary/aromatic N) is 1. The molecular weight excluding hydrogens is 424 g/mol. The Labute approximate surface area is 200 Å². The lowest BCUT2D eigenvalue weighted by molar-refractivity contribution is 0.0550. The summed E-state index contributed by atoms with van der Waals surface area (Å²) in [6, 6.07) is 15.8. The first kappa shape index (κ1) is 23.3. The second kappa shape index (κ2) is 9.96. The van der Waals surface area contributed by atoms with Crippen LogP contribution in [0.3, 0.4) is 0 Å². The highest BCUT2D eigenvalue weighted by Gasteiger charge is 2.23. The number of hydrogen-bond donors (Lipinski definition) is 1. The van der Waals surface area contributed by atoms with Crippen LogP contribution in [0.15, 0.2) is 70.6 Å². The van der Waals surface area contributed by atoms with Crippen molar-refractivity contribution in [1.82, 2.24) is 0 Å². The van der Waals surface area contributed by atoms with E-state index in [2.05, 4.69) is 42.9 Å². The van der Waals surface area contributed by atoms with Gasteiger partial charge >= 0.3 is 5.97 Å². The molecule has 0 bridgehead atoms. The first-order valence-electron chi connectivity index (χ1n) is 11.6. The van der Waals surface area contributed by atoms with Crippen molar-refractivity contribution in [3.63, 3.8) is 0 Å².